The summed E-state index contributed by atoms with van der Waals surface area (Å²) in [4.78, 5) is 46.3. The number of carboxylic acids is 1. The van der Waals surface area contributed by atoms with Gasteiger partial charge in [0.15, 0.2) is 0 Å². The predicted octanol–water partition coefficient (Wildman–Crippen LogP) is -2.00. The van der Waals surface area contributed by atoms with E-state index in [-0.39, 0.29) is 17.4 Å². The molecule has 138 valence electrons. The van der Waals surface area contributed by atoms with Crippen LogP contribution >= 0.6 is 25.3 Å². The highest BCUT2D eigenvalue weighted by molar-refractivity contribution is 7.80. The minimum atomic E-state index is -1.16. The Labute approximate surface area is 151 Å². The molecule has 6 N–H and O–H groups in total. The van der Waals surface area contributed by atoms with E-state index in [1.165, 1.54) is 0 Å². The van der Waals surface area contributed by atoms with Crippen LogP contribution in [-0.4, -0.2) is 65.0 Å². The van der Waals surface area contributed by atoms with Gasteiger partial charge in [0, 0.05) is 11.5 Å². The summed E-state index contributed by atoms with van der Waals surface area (Å²) >= 11 is 7.85. The molecular formula is C13H24N4O5S2. The normalized spacial score (nSPS) is 14.4. The van der Waals surface area contributed by atoms with Crippen molar-refractivity contribution in [3.8, 4) is 0 Å². The third-order valence-corrected chi connectivity index (χ3v) is 3.78. The van der Waals surface area contributed by atoms with E-state index in [1.54, 1.807) is 13.8 Å². The summed E-state index contributed by atoms with van der Waals surface area (Å²) < 4.78 is 0. The van der Waals surface area contributed by atoms with Crippen molar-refractivity contribution in [3.05, 3.63) is 0 Å². The fraction of sp³-hybridized carbons (Fsp3) is 0.692. The number of carboxylic acid groups (broad SMARTS) is 1. The molecule has 0 aromatic heterocycles. The SMILES string of the molecule is CC(C)C(NC(=O)CNC(=O)C(CS)NC(=O)C(N)CS)C(=O)O. The summed E-state index contributed by atoms with van der Waals surface area (Å²) in [5, 5.41) is 16.0. The van der Waals surface area contributed by atoms with E-state index in [2.05, 4.69) is 41.2 Å². The van der Waals surface area contributed by atoms with E-state index < -0.39 is 48.4 Å². The van der Waals surface area contributed by atoms with Crippen molar-refractivity contribution in [3.63, 3.8) is 0 Å². The molecule has 3 unspecified atom stereocenters. The van der Waals surface area contributed by atoms with Gasteiger partial charge in [-0.3, -0.25) is 14.4 Å². The molecule has 24 heavy (non-hydrogen) atoms. The predicted molar refractivity (Wildman–Crippen MR) is 95.0 cm³/mol. The van der Waals surface area contributed by atoms with Gasteiger partial charge in [-0.05, 0) is 5.92 Å². The van der Waals surface area contributed by atoms with Crippen molar-refractivity contribution >= 4 is 48.9 Å². The third-order valence-electron chi connectivity index (χ3n) is 3.02. The van der Waals surface area contributed by atoms with Gasteiger partial charge in [0.1, 0.15) is 12.1 Å². The highest BCUT2D eigenvalue weighted by Gasteiger charge is 2.25. The number of hydrogen-bond donors (Lipinski definition) is 7. The Balaban J connectivity index is 4.51. The molecule has 0 saturated heterocycles. The Kier molecular flexibility index (Phi) is 10.5. The summed E-state index contributed by atoms with van der Waals surface area (Å²) in [5.41, 5.74) is 5.49. The molecule has 0 aromatic carbocycles. The number of hydrogen-bond acceptors (Lipinski definition) is 7. The molecular weight excluding hydrogens is 356 g/mol. The minimum Gasteiger partial charge on any atom is -0.480 e. The third kappa shape index (κ3) is 7.88. The highest BCUT2D eigenvalue weighted by atomic mass is 32.1. The van der Waals surface area contributed by atoms with Crippen LogP contribution in [-0.2, 0) is 19.2 Å². The number of nitrogens with two attached hydrogens (primary N) is 1. The van der Waals surface area contributed by atoms with E-state index >= 15 is 0 Å². The number of thiol groups is 2. The van der Waals surface area contributed by atoms with E-state index in [9.17, 15) is 19.2 Å². The van der Waals surface area contributed by atoms with Crippen LogP contribution < -0.4 is 21.7 Å². The Bertz CT molecular complexity index is 475. The molecule has 3 atom stereocenters. The summed E-state index contributed by atoms with van der Waals surface area (Å²) in [7, 11) is 0. The van der Waals surface area contributed by atoms with Crippen molar-refractivity contribution in [2.24, 2.45) is 11.7 Å². The van der Waals surface area contributed by atoms with Crippen molar-refractivity contribution in [1.29, 1.82) is 0 Å². The van der Waals surface area contributed by atoms with Crippen molar-refractivity contribution in [1.82, 2.24) is 16.0 Å². The van der Waals surface area contributed by atoms with Crippen LogP contribution in [0.4, 0.5) is 0 Å². The zero-order valence-electron chi connectivity index (χ0n) is 13.5. The van der Waals surface area contributed by atoms with Crippen LogP contribution in [0.15, 0.2) is 0 Å². The van der Waals surface area contributed by atoms with E-state index in [0.29, 0.717) is 0 Å². The number of carbonyl (C=O) groups excluding carboxylic acids is 3. The lowest BCUT2D eigenvalue weighted by Crippen LogP contribution is -2.54. The molecule has 0 spiro atoms. The second-order valence-electron chi connectivity index (χ2n) is 5.38. The number of nitrogens with one attached hydrogen (secondary N) is 3. The number of carbonyl (C=O) groups is 4. The highest BCUT2D eigenvalue weighted by Crippen LogP contribution is 2.01. The van der Waals surface area contributed by atoms with Gasteiger partial charge in [0.05, 0.1) is 12.6 Å². The molecule has 0 aliphatic heterocycles. The molecule has 0 rings (SSSR count). The van der Waals surface area contributed by atoms with Gasteiger partial charge < -0.3 is 26.8 Å². The topological polar surface area (TPSA) is 151 Å². The first-order valence-electron chi connectivity index (χ1n) is 7.21. The fourth-order valence-corrected chi connectivity index (χ4v) is 2.01. The molecule has 0 heterocycles. The zero-order valence-corrected chi connectivity index (χ0v) is 15.3. The molecule has 0 fully saturated rings. The minimum absolute atomic E-state index is 0.00221. The Hall–Kier alpha value is -1.46. The monoisotopic (exact) mass is 380 g/mol. The Morgan fingerprint density at radius 1 is 1.04 bits per heavy atom. The van der Waals surface area contributed by atoms with Gasteiger partial charge >= 0.3 is 5.97 Å². The molecule has 11 heteroatoms. The summed E-state index contributed by atoms with van der Waals surface area (Å²) in [6.07, 6.45) is 0. The van der Waals surface area contributed by atoms with Gasteiger partial charge in [0.2, 0.25) is 17.7 Å². The van der Waals surface area contributed by atoms with Gasteiger partial charge in [-0.15, -0.1) is 0 Å². The number of rotatable bonds is 10. The molecule has 0 aliphatic rings. The lowest BCUT2D eigenvalue weighted by molar-refractivity contribution is -0.143. The van der Waals surface area contributed by atoms with Crippen molar-refractivity contribution < 1.29 is 24.3 Å². The molecule has 0 bridgehead atoms. The summed E-state index contributed by atoms with van der Waals surface area (Å²) in [6.45, 7) is 2.87. The van der Waals surface area contributed by atoms with Crippen LogP contribution in [0, 0.1) is 5.92 Å². The first-order chi connectivity index (χ1) is 11.1. The van der Waals surface area contributed by atoms with E-state index in [0.717, 1.165) is 0 Å². The first kappa shape index (κ1) is 22.5. The Morgan fingerprint density at radius 2 is 1.62 bits per heavy atom. The van der Waals surface area contributed by atoms with Crippen LogP contribution in [0.3, 0.4) is 0 Å². The number of amides is 3. The maximum Gasteiger partial charge on any atom is 0.326 e. The van der Waals surface area contributed by atoms with Gasteiger partial charge in [-0.2, -0.15) is 25.3 Å². The first-order valence-corrected chi connectivity index (χ1v) is 8.48. The molecule has 0 aromatic rings. The van der Waals surface area contributed by atoms with Gasteiger partial charge in [-0.25, -0.2) is 4.79 Å². The van der Waals surface area contributed by atoms with Crippen LogP contribution in [0.1, 0.15) is 13.8 Å². The van der Waals surface area contributed by atoms with E-state index in [4.69, 9.17) is 10.8 Å². The van der Waals surface area contributed by atoms with Crippen molar-refractivity contribution in [2.75, 3.05) is 18.1 Å². The summed E-state index contributed by atoms with van der Waals surface area (Å²) in [6, 6.07) is -2.89. The average Bonchev–Trinajstić information content (AvgIpc) is 2.53. The van der Waals surface area contributed by atoms with Crippen LogP contribution in [0.2, 0.25) is 0 Å². The molecule has 0 radical (unpaired) electrons. The molecule has 3 amide bonds. The lowest BCUT2D eigenvalue weighted by atomic mass is 10.1. The van der Waals surface area contributed by atoms with E-state index in [1.807, 2.05) is 0 Å². The van der Waals surface area contributed by atoms with Gasteiger partial charge in [-0.1, -0.05) is 13.8 Å². The fourth-order valence-electron chi connectivity index (χ4n) is 1.58. The average molecular weight is 380 g/mol. The molecule has 0 saturated carbocycles. The number of aliphatic carboxylic acids is 1. The zero-order chi connectivity index (χ0) is 18.9. The summed E-state index contributed by atoms with van der Waals surface area (Å²) in [5.74, 6) is -3.20. The smallest absolute Gasteiger partial charge is 0.326 e. The van der Waals surface area contributed by atoms with Crippen molar-refractivity contribution in [2.45, 2.75) is 32.0 Å². The standard InChI is InChI=1S/C13H24N4O5S2/c1-6(2)10(13(21)22)17-9(18)3-15-12(20)8(5-24)16-11(19)7(14)4-23/h6-8,10,23-24H,3-5,14H2,1-2H3,(H,15,20)(H,16,19)(H,17,18)(H,21,22). The second-order valence-corrected chi connectivity index (χ2v) is 6.11. The second kappa shape index (κ2) is 11.2. The molecule has 0 aliphatic carbocycles. The van der Waals surface area contributed by atoms with Crippen LogP contribution in [0.5, 0.6) is 0 Å². The van der Waals surface area contributed by atoms with Crippen LogP contribution in [0.25, 0.3) is 0 Å². The Morgan fingerprint density at radius 3 is 2.04 bits per heavy atom. The molecule has 9 nitrogen and oxygen atoms in total. The lowest BCUT2D eigenvalue weighted by Gasteiger charge is -2.20. The van der Waals surface area contributed by atoms with Gasteiger partial charge in [0.25, 0.3) is 0 Å². The quantitative estimate of drug-likeness (QED) is 0.218. The largest absolute Gasteiger partial charge is 0.480 e. The maximum atomic E-state index is 11.9. The maximum absolute atomic E-state index is 11.9.